The second-order valence-electron chi connectivity index (χ2n) is 5.10. The molecule has 1 saturated heterocycles. The molecule has 20 heavy (non-hydrogen) atoms. The number of H-pyrrole nitrogens is 1. The summed E-state index contributed by atoms with van der Waals surface area (Å²) in [7, 11) is 0. The number of benzene rings is 1. The smallest absolute Gasteiger partial charge is 0.123 e. The van der Waals surface area contributed by atoms with Gasteiger partial charge in [-0.15, -0.1) is 0 Å². The molecule has 0 aliphatic carbocycles. The van der Waals surface area contributed by atoms with E-state index in [1.165, 1.54) is 17.8 Å². The van der Waals surface area contributed by atoms with E-state index in [0.29, 0.717) is 12.5 Å². The van der Waals surface area contributed by atoms with Gasteiger partial charge in [-0.05, 0) is 43.3 Å². The van der Waals surface area contributed by atoms with Crippen LogP contribution in [0.5, 0.6) is 5.75 Å². The Morgan fingerprint density at radius 1 is 1.30 bits per heavy atom. The maximum Gasteiger partial charge on any atom is 0.123 e. The van der Waals surface area contributed by atoms with Crippen molar-refractivity contribution in [2.75, 3.05) is 26.2 Å². The van der Waals surface area contributed by atoms with E-state index in [1.54, 1.807) is 18.3 Å². The number of nitrogens with zero attached hydrogens (tertiary/aromatic N) is 2. The van der Waals surface area contributed by atoms with Gasteiger partial charge in [-0.25, -0.2) is 4.39 Å². The van der Waals surface area contributed by atoms with Crippen LogP contribution < -0.4 is 4.74 Å². The summed E-state index contributed by atoms with van der Waals surface area (Å²) in [6.45, 7) is 3.63. The Balaban J connectivity index is 1.42. The number of likely N-dealkylation sites (tertiary alicyclic amines) is 1. The number of aromatic nitrogens is 2. The number of aromatic amines is 1. The van der Waals surface area contributed by atoms with Gasteiger partial charge in [0.1, 0.15) is 18.2 Å². The SMILES string of the molecule is Fc1ccc(OCCN2CCC(c3ccn[nH]3)C2)cc1. The monoisotopic (exact) mass is 275 g/mol. The quantitative estimate of drug-likeness (QED) is 0.911. The molecule has 1 N–H and O–H groups in total. The Bertz CT molecular complexity index is 527. The van der Waals surface area contributed by atoms with E-state index in [0.717, 1.165) is 31.8 Å². The van der Waals surface area contributed by atoms with Gasteiger partial charge in [0.25, 0.3) is 0 Å². The first kappa shape index (κ1) is 13.1. The zero-order valence-electron chi connectivity index (χ0n) is 11.3. The molecule has 1 unspecified atom stereocenters. The summed E-state index contributed by atoms with van der Waals surface area (Å²) >= 11 is 0. The van der Waals surface area contributed by atoms with Gasteiger partial charge >= 0.3 is 0 Å². The van der Waals surface area contributed by atoms with E-state index in [2.05, 4.69) is 15.1 Å². The topological polar surface area (TPSA) is 41.1 Å². The molecular formula is C15H18FN3O. The highest BCUT2D eigenvalue weighted by molar-refractivity contribution is 5.22. The van der Waals surface area contributed by atoms with E-state index in [4.69, 9.17) is 4.74 Å². The summed E-state index contributed by atoms with van der Waals surface area (Å²) in [5.41, 5.74) is 1.21. The second kappa shape index (κ2) is 6.05. The summed E-state index contributed by atoms with van der Waals surface area (Å²) in [5.74, 6) is 1.03. The van der Waals surface area contributed by atoms with Crippen molar-refractivity contribution in [1.82, 2.24) is 15.1 Å². The molecule has 2 aromatic rings. The zero-order valence-corrected chi connectivity index (χ0v) is 11.3. The number of hydrogen-bond acceptors (Lipinski definition) is 3. The molecule has 2 heterocycles. The molecule has 1 aliphatic rings. The summed E-state index contributed by atoms with van der Waals surface area (Å²) in [5, 5.41) is 7.05. The Kier molecular flexibility index (Phi) is 3.97. The van der Waals surface area contributed by atoms with Crippen LogP contribution in [-0.2, 0) is 0 Å². The van der Waals surface area contributed by atoms with E-state index < -0.39 is 0 Å². The molecule has 1 aliphatic heterocycles. The van der Waals surface area contributed by atoms with E-state index in [1.807, 2.05) is 6.07 Å². The minimum atomic E-state index is -0.237. The van der Waals surface area contributed by atoms with Gasteiger partial charge in [0.2, 0.25) is 0 Å². The third-order valence-corrected chi connectivity index (χ3v) is 3.72. The lowest BCUT2D eigenvalue weighted by Crippen LogP contribution is -2.26. The highest BCUT2D eigenvalue weighted by Crippen LogP contribution is 2.25. The first-order chi connectivity index (χ1) is 9.81. The van der Waals surface area contributed by atoms with E-state index in [9.17, 15) is 4.39 Å². The van der Waals surface area contributed by atoms with Gasteiger partial charge in [-0.3, -0.25) is 10.00 Å². The number of rotatable bonds is 5. The van der Waals surface area contributed by atoms with Crippen molar-refractivity contribution in [3.8, 4) is 5.75 Å². The van der Waals surface area contributed by atoms with Gasteiger partial charge in [-0.1, -0.05) is 0 Å². The minimum Gasteiger partial charge on any atom is -0.492 e. The molecule has 0 spiro atoms. The van der Waals surface area contributed by atoms with Gasteiger partial charge in [0.15, 0.2) is 0 Å². The van der Waals surface area contributed by atoms with Crippen molar-refractivity contribution in [2.45, 2.75) is 12.3 Å². The lowest BCUT2D eigenvalue weighted by atomic mass is 10.1. The number of halogens is 1. The maximum atomic E-state index is 12.8. The zero-order chi connectivity index (χ0) is 13.8. The molecule has 5 heteroatoms. The molecule has 1 fully saturated rings. The molecule has 4 nitrogen and oxygen atoms in total. The van der Waals surface area contributed by atoms with Crippen LogP contribution in [0.1, 0.15) is 18.0 Å². The highest BCUT2D eigenvalue weighted by atomic mass is 19.1. The molecule has 0 saturated carbocycles. The molecule has 0 radical (unpaired) electrons. The van der Waals surface area contributed by atoms with Crippen molar-refractivity contribution in [2.24, 2.45) is 0 Å². The first-order valence-corrected chi connectivity index (χ1v) is 6.91. The predicted octanol–water partition coefficient (Wildman–Crippen LogP) is 2.42. The van der Waals surface area contributed by atoms with Gasteiger partial charge in [-0.2, -0.15) is 5.10 Å². The van der Waals surface area contributed by atoms with Crippen LogP contribution in [0.3, 0.4) is 0 Å². The summed E-state index contributed by atoms with van der Waals surface area (Å²) in [4.78, 5) is 2.38. The van der Waals surface area contributed by atoms with E-state index >= 15 is 0 Å². The fraction of sp³-hybridized carbons (Fsp3) is 0.400. The lowest BCUT2D eigenvalue weighted by Gasteiger charge is -2.16. The molecule has 0 amide bonds. The summed E-state index contributed by atoms with van der Waals surface area (Å²) < 4.78 is 18.4. The normalized spacial score (nSPS) is 19.4. The first-order valence-electron chi connectivity index (χ1n) is 6.91. The second-order valence-corrected chi connectivity index (χ2v) is 5.10. The third kappa shape index (κ3) is 3.17. The average Bonchev–Trinajstić information content (AvgIpc) is 3.11. The van der Waals surface area contributed by atoms with Crippen LogP contribution in [0, 0.1) is 5.82 Å². The standard InChI is InChI=1S/C15H18FN3O/c16-13-1-3-14(4-2-13)20-10-9-19-8-6-12(11-19)15-5-7-17-18-15/h1-5,7,12H,6,8-11H2,(H,17,18). The van der Waals surface area contributed by atoms with Crippen molar-refractivity contribution in [1.29, 1.82) is 0 Å². The fourth-order valence-electron chi connectivity index (χ4n) is 2.61. The fourth-order valence-corrected chi connectivity index (χ4v) is 2.61. The molecular weight excluding hydrogens is 257 g/mol. The molecule has 3 rings (SSSR count). The Morgan fingerprint density at radius 3 is 2.90 bits per heavy atom. The Hall–Kier alpha value is -1.88. The van der Waals surface area contributed by atoms with Crippen LogP contribution in [0.4, 0.5) is 4.39 Å². The molecule has 1 aromatic heterocycles. The van der Waals surface area contributed by atoms with Crippen LogP contribution in [0.2, 0.25) is 0 Å². The third-order valence-electron chi connectivity index (χ3n) is 3.72. The van der Waals surface area contributed by atoms with Crippen LogP contribution in [0.25, 0.3) is 0 Å². The van der Waals surface area contributed by atoms with Crippen molar-refractivity contribution >= 4 is 0 Å². The average molecular weight is 275 g/mol. The van der Waals surface area contributed by atoms with Gasteiger partial charge < -0.3 is 4.74 Å². The summed E-state index contributed by atoms with van der Waals surface area (Å²) in [6, 6.07) is 8.20. The number of nitrogens with one attached hydrogen (secondary N) is 1. The molecule has 106 valence electrons. The van der Waals surface area contributed by atoms with Crippen molar-refractivity contribution in [3.05, 3.63) is 48.0 Å². The highest BCUT2D eigenvalue weighted by Gasteiger charge is 2.24. The van der Waals surface area contributed by atoms with Crippen LogP contribution in [-0.4, -0.2) is 41.3 Å². The van der Waals surface area contributed by atoms with E-state index in [-0.39, 0.29) is 5.82 Å². The largest absolute Gasteiger partial charge is 0.492 e. The lowest BCUT2D eigenvalue weighted by molar-refractivity contribution is 0.236. The maximum absolute atomic E-state index is 12.8. The molecule has 0 bridgehead atoms. The van der Waals surface area contributed by atoms with Crippen molar-refractivity contribution in [3.63, 3.8) is 0 Å². The Labute approximate surface area is 117 Å². The predicted molar refractivity (Wildman–Crippen MR) is 74.3 cm³/mol. The number of hydrogen-bond donors (Lipinski definition) is 1. The summed E-state index contributed by atoms with van der Waals surface area (Å²) in [6.07, 6.45) is 2.95. The Morgan fingerprint density at radius 2 is 2.15 bits per heavy atom. The van der Waals surface area contributed by atoms with Crippen LogP contribution in [0.15, 0.2) is 36.5 Å². The van der Waals surface area contributed by atoms with Crippen LogP contribution >= 0.6 is 0 Å². The number of ether oxygens (including phenoxy) is 1. The van der Waals surface area contributed by atoms with Gasteiger partial charge in [0.05, 0.1) is 0 Å². The minimum absolute atomic E-state index is 0.237. The van der Waals surface area contributed by atoms with Gasteiger partial charge in [0, 0.05) is 30.9 Å². The molecule has 1 atom stereocenters. The van der Waals surface area contributed by atoms with Crippen molar-refractivity contribution < 1.29 is 9.13 Å². The molecule has 1 aromatic carbocycles.